The van der Waals surface area contributed by atoms with E-state index in [9.17, 15) is 23.6 Å². The highest BCUT2D eigenvalue weighted by Crippen LogP contribution is 2.39. The second kappa shape index (κ2) is 7.21. The van der Waals surface area contributed by atoms with Crippen molar-refractivity contribution in [3.63, 3.8) is 0 Å². The molecule has 1 aliphatic carbocycles. The number of aryl methyl sites for hydroxylation is 1. The molecule has 1 aromatic carbocycles. The minimum Gasteiger partial charge on any atom is -0.365 e. The van der Waals surface area contributed by atoms with Gasteiger partial charge in [-0.1, -0.05) is 12.1 Å². The molecule has 1 aliphatic heterocycles. The van der Waals surface area contributed by atoms with Gasteiger partial charge in [-0.25, -0.2) is 9.18 Å². The molecule has 2 aromatic rings. The third-order valence-electron chi connectivity index (χ3n) is 5.42. The van der Waals surface area contributed by atoms with Crippen molar-refractivity contribution in [1.82, 2.24) is 10.2 Å². The maximum Gasteiger partial charge on any atom is 0.325 e. The highest BCUT2D eigenvalue weighted by Gasteiger charge is 2.49. The van der Waals surface area contributed by atoms with Crippen molar-refractivity contribution < 1.29 is 23.6 Å². The van der Waals surface area contributed by atoms with Gasteiger partial charge in [0.05, 0.1) is 5.56 Å². The Hall–Kier alpha value is -3.27. The fourth-order valence-electron chi connectivity index (χ4n) is 3.88. The van der Waals surface area contributed by atoms with Gasteiger partial charge in [-0.2, -0.15) is 0 Å². The number of hydrogen-bond donors (Lipinski definition) is 3. The van der Waals surface area contributed by atoms with Crippen LogP contribution in [0.1, 0.15) is 39.7 Å². The van der Waals surface area contributed by atoms with Crippen LogP contribution in [0.4, 0.5) is 14.2 Å². The van der Waals surface area contributed by atoms with Crippen LogP contribution >= 0.6 is 11.3 Å². The molecule has 0 radical (unpaired) electrons. The van der Waals surface area contributed by atoms with E-state index in [1.807, 2.05) is 0 Å². The van der Waals surface area contributed by atoms with Crippen LogP contribution in [0.25, 0.3) is 0 Å². The van der Waals surface area contributed by atoms with E-state index in [2.05, 4.69) is 10.6 Å². The van der Waals surface area contributed by atoms with Crippen LogP contribution < -0.4 is 16.4 Å². The molecule has 8 nitrogen and oxygen atoms in total. The van der Waals surface area contributed by atoms with Crippen LogP contribution in [0.2, 0.25) is 0 Å². The summed E-state index contributed by atoms with van der Waals surface area (Å²) >= 11 is 1.29. The molecule has 0 bridgehead atoms. The summed E-state index contributed by atoms with van der Waals surface area (Å²) in [6.45, 7) is 0.968. The van der Waals surface area contributed by atoms with E-state index in [0.29, 0.717) is 16.1 Å². The van der Waals surface area contributed by atoms with E-state index in [4.69, 9.17) is 5.73 Å². The summed E-state index contributed by atoms with van der Waals surface area (Å²) in [5, 5.41) is 5.52. The first-order chi connectivity index (χ1) is 14.2. The van der Waals surface area contributed by atoms with E-state index >= 15 is 0 Å². The first kappa shape index (κ1) is 20.0. The minimum atomic E-state index is -1.41. The Labute approximate surface area is 175 Å². The number of nitrogens with one attached hydrogen (secondary N) is 2. The normalized spacial score (nSPS) is 20.3. The van der Waals surface area contributed by atoms with Gasteiger partial charge < -0.3 is 16.4 Å². The summed E-state index contributed by atoms with van der Waals surface area (Å²) in [5.41, 5.74) is 5.64. The molecule has 156 valence electrons. The Morgan fingerprint density at radius 3 is 2.63 bits per heavy atom. The standard InChI is InChI=1S/C20H19FN4O4S/c1-20(10-5-7-11(21)8-6-10)18(28)25(19(29)24-20)9-14(26)23-17-15(16(22)27)12-3-2-4-13(12)30-17/h5-8H,2-4,9H2,1H3,(H2,22,27)(H,23,26)(H,24,29)/t20-/m1/s1. The monoisotopic (exact) mass is 430 g/mol. The molecular weight excluding hydrogens is 411 g/mol. The number of anilines is 1. The number of carbonyl (C=O) groups is 4. The van der Waals surface area contributed by atoms with Crippen molar-refractivity contribution >= 4 is 40.1 Å². The van der Waals surface area contributed by atoms with Gasteiger partial charge in [-0.3, -0.25) is 19.3 Å². The molecule has 30 heavy (non-hydrogen) atoms. The van der Waals surface area contributed by atoms with E-state index in [1.165, 1.54) is 42.5 Å². The number of fused-ring (bicyclic) bond motifs is 1. The highest BCUT2D eigenvalue weighted by molar-refractivity contribution is 7.17. The maximum atomic E-state index is 13.2. The lowest BCUT2D eigenvalue weighted by Crippen LogP contribution is -2.42. The van der Waals surface area contributed by atoms with Gasteiger partial charge in [0, 0.05) is 4.88 Å². The smallest absolute Gasteiger partial charge is 0.325 e. The number of benzene rings is 1. The zero-order chi connectivity index (χ0) is 21.6. The number of hydrogen-bond acceptors (Lipinski definition) is 5. The number of halogens is 1. The summed E-state index contributed by atoms with van der Waals surface area (Å²) in [6.07, 6.45) is 2.47. The molecular formula is C20H19FN4O4S. The van der Waals surface area contributed by atoms with Crippen molar-refractivity contribution in [2.45, 2.75) is 31.7 Å². The Bertz CT molecular complexity index is 1080. The van der Waals surface area contributed by atoms with Gasteiger partial charge in [0.25, 0.3) is 11.8 Å². The Morgan fingerprint density at radius 2 is 1.97 bits per heavy atom. The van der Waals surface area contributed by atoms with Crippen LogP contribution in [-0.2, 0) is 28.0 Å². The number of carbonyl (C=O) groups excluding carboxylic acids is 4. The number of rotatable bonds is 5. The zero-order valence-corrected chi connectivity index (χ0v) is 16.9. The number of nitrogens with two attached hydrogens (primary N) is 1. The lowest BCUT2D eigenvalue weighted by molar-refractivity contribution is -0.133. The van der Waals surface area contributed by atoms with Crippen LogP contribution in [0, 0.1) is 5.82 Å². The molecule has 0 spiro atoms. The molecule has 1 fully saturated rings. The van der Waals surface area contributed by atoms with Gasteiger partial charge in [0.2, 0.25) is 5.91 Å². The molecule has 4 N–H and O–H groups in total. The van der Waals surface area contributed by atoms with Crippen LogP contribution in [0.15, 0.2) is 24.3 Å². The third-order valence-corrected chi connectivity index (χ3v) is 6.63. The molecule has 2 heterocycles. The predicted molar refractivity (Wildman–Crippen MR) is 107 cm³/mol. The predicted octanol–water partition coefficient (Wildman–Crippen LogP) is 1.88. The van der Waals surface area contributed by atoms with Crippen molar-refractivity contribution in [2.75, 3.05) is 11.9 Å². The average molecular weight is 430 g/mol. The molecule has 1 aromatic heterocycles. The molecule has 0 unspecified atom stereocenters. The Morgan fingerprint density at radius 1 is 1.27 bits per heavy atom. The quantitative estimate of drug-likeness (QED) is 0.627. The van der Waals surface area contributed by atoms with Gasteiger partial charge in [-0.05, 0) is 49.4 Å². The van der Waals surface area contributed by atoms with Gasteiger partial charge in [0.15, 0.2) is 0 Å². The topological polar surface area (TPSA) is 122 Å². The number of amides is 5. The number of urea groups is 1. The first-order valence-electron chi connectivity index (χ1n) is 9.35. The average Bonchev–Trinajstić information content (AvgIpc) is 3.31. The SMILES string of the molecule is C[C@]1(c2ccc(F)cc2)NC(=O)N(CC(=O)Nc2sc3c(c2C(N)=O)CCC3)C1=O. The summed E-state index contributed by atoms with van der Waals surface area (Å²) in [6, 6.07) is 4.46. The van der Waals surface area contributed by atoms with Crippen molar-refractivity contribution in [3.05, 3.63) is 51.7 Å². The molecule has 4 rings (SSSR count). The van der Waals surface area contributed by atoms with E-state index < -0.39 is 41.7 Å². The second-order valence-corrected chi connectivity index (χ2v) is 8.53. The van der Waals surface area contributed by atoms with Gasteiger partial charge >= 0.3 is 6.03 Å². The summed E-state index contributed by atoms with van der Waals surface area (Å²) in [5.74, 6) is -2.34. The first-order valence-corrected chi connectivity index (χ1v) is 10.2. The molecule has 0 saturated carbocycles. The molecule has 1 atom stereocenters. The minimum absolute atomic E-state index is 0.300. The number of primary amides is 1. The molecule has 5 amide bonds. The van der Waals surface area contributed by atoms with E-state index in [0.717, 1.165) is 34.6 Å². The zero-order valence-electron chi connectivity index (χ0n) is 16.1. The second-order valence-electron chi connectivity index (χ2n) is 7.43. The van der Waals surface area contributed by atoms with Crippen LogP contribution in [0.3, 0.4) is 0 Å². The van der Waals surface area contributed by atoms with E-state index in [1.54, 1.807) is 0 Å². The largest absolute Gasteiger partial charge is 0.365 e. The third kappa shape index (κ3) is 3.22. The Kier molecular flexibility index (Phi) is 4.81. The molecule has 1 saturated heterocycles. The molecule has 10 heteroatoms. The van der Waals surface area contributed by atoms with Gasteiger partial charge in [-0.15, -0.1) is 11.3 Å². The summed E-state index contributed by atoms with van der Waals surface area (Å²) in [7, 11) is 0. The van der Waals surface area contributed by atoms with E-state index in [-0.39, 0.29) is 0 Å². The maximum absolute atomic E-state index is 13.2. The fourth-order valence-corrected chi connectivity index (χ4v) is 5.19. The Balaban J connectivity index is 1.52. The number of thiophene rings is 1. The van der Waals surface area contributed by atoms with Crippen molar-refractivity contribution in [3.8, 4) is 0 Å². The fraction of sp³-hybridized carbons (Fsp3) is 0.300. The lowest BCUT2D eigenvalue weighted by Gasteiger charge is -2.22. The van der Waals surface area contributed by atoms with Gasteiger partial charge in [0.1, 0.15) is 22.9 Å². The summed E-state index contributed by atoms with van der Waals surface area (Å²) < 4.78 is 13.2. The lowest BCUT2D eigenvalue weighted by atomic mass is 9.92. The van der Waals surface area contributed by atoms with Crippen molar-refractivity contribution in [1.29, 1.82) is 0 Å². The number of imide groups is 1. The van der Waals surface area contributed by atoms with Crippen LogP contribution in [-0.4, -0.2) is 35.2 Å². The summed E-state index contributed by atoms with van der Waals surface area (Å²) in [4.78, 5) is 51.5. The van der Waals surface area contributed by atoms with Crippen molar-refractivity contribution in [2.24, 2.45) is 5.73 Å². The molecule has 2 aliphatic rings. The highest BCUT2D eigenvalue weighted by atomic mass is 32.1. The van der Waals surface area contributed by atoms with Crippen LogP contribution in [0.5, 0.6) is 0 Å². The number of nitrogens with zero attached hydrogens (tertiary/aromatic N) is 1.